The van der Waals surface area contributed by atoms with Gasteiger partial charge in [-0.25, -0.2) is 4.39 Å². The molecule has 3 rings (SSSR count). The Kier molecular flexibility index (Phi) is 4.84. The first-order chi connectivity index (χ1) is 12.4. The van der Waals surface area contributed by atoms with E-state index < -0.39 is 29.6 Å². The van der Waals surface area contributed by atoms with Crippen LogP contribution >= 0.6 is 0 Å². The van der Waals surface area contributed by atoms with Crippen LogP contribution in [0.3, 0.4) is 0 Å². The van der Waals surface area contributed by atoms with E-state index >= 15 is 0 Å². The maximum Gasteiger partial charge on any atom is 0.262 e. The molecule has 0 unspecified atom stereocenters. The molecule has 1 aliphatic rings. The smallest absolute Gasteiger partial charge is 0.262 e. The number of benzene rings is 2. The number of carbonyl (C=O) groups excluding carboxylic acids is 3. The third-order valence-corrected chi connectivity index (χ3v) is 4.25. The third-order valence-electron chi connectivity index (χ3n) is 4.25. The number of rotatable bonds is 5. The van der Waals surface area contributed by atoms with Gasteiger partial charge in [-0.1, -0.05) is 26.0 Å². The lowest BCUT2D eigenvalue weighted by Crippen LogP contribution is -2.47. The fourth-order valence-electron chi connectivity index (χ4n) is 3.03. The highest BCUT2D eigenvalue weighted by Gasteiger charge is 2.42. The summed E-state index contributed by atoms with van der Waals surface area (Å²) in [6.07, 6.45) is 0.332. The van der Waals surface area contributed by atoms with Gasteiger partial charge in [0.25, 0.3) is 11.8 Å². The molecule has 0 saturated carbocycles. The molecular weight excluding hydrogens is 335 g/mol. The molecule has 0 fully saturated rings. The van der Waals surface area contributed by atoms with Crippen molar-refractivity contribution in [3.05, 3.63) is 65.5 Å². The number of nitrogens with one attached hydrogen (secondary N) is 1. The highest BCUT2D eigenvalue weighted by molar-refractivity contribution is 6.23. The minimum absolute atomic E-state index is 0.0864. The Hall–Kier alpha value is -3.02. The molecule has 5 nitrogen and oxygen atoms in total. The molecule has 26 heavy (non-hydrogen) atoms. The summed E-state index contributed by atoms with van der Waals surface area (Å²) in [6, 6.07) is 10.9. The number of amides is 3. The van der Waals surface area contributed by atoms with Gasteiger partial charge < -0.3 is 5.32 Å². The van der Waals surface area contributed by atoms with Crippen molar-refractivity contribution in [2.75, 3.05) is 5.32 Å². The van der Waals surface area contributed by atoms with Crippen LogP contribution in [0, 0.1) is 11.7 Å². The summed E-state index contributed by atoms with van der Waals surface area (Å²) >= 11 is 0. The van der Waals surface area contributed by atoms with Crippen LogP contribution in [-0.4, -0.2) is 28.7 Å². The van der Waals surface area contributed by atoms with Crippen LogP contribution in [0.4, 0.5) is 10.1 Å². The summed E-state index contributed by atoms with van der Waals surface area (Å²) in [5.74, 6) is -1.74. The highest BCUT2D eigenvalue weighted by atomic mass is 19.1. The number of imide groups is 1. The SMILES string of the molecule is CC(C)C[C@H](C(=O)Nc1ccc(F)cc1)N1C(=O)c2ccccc2C1=O. The van der Waals surface area contributed by atoms with Gasteiger partial charge in [-0.2, -0.15) is 0 Å². The Morgan fingerprint density at radius 1 is 1.00 bits per heavy atom. The molecule has 0 aromatic heterocycles. The van der Waals surface area contributed by atoms with Gasteiger partial charge in [-0.15, -0.1) is 0 Å². The molecule has 0 bridgehead atoms. The van der Waals surface area contributed by atoms with Crippen LogP contribution in [0.5, 0.6) is 0 Å². The number of hydrogen-bond acceptors (Lipinski definition) is 3. The zero-order valence-corrected chi connectivity index (χ0v) is 14.5. The Morgan fingerprint density at radius 2 is 1.54 bits per heavy atom. The van der Waals surface area contributed by atoms with Gasteiger partial charge >= 0.3 is 0 Å². The van der Waals surface area contributed by atoms with Gasteiger partial charge in [0.05, 0.1) is 11.1 Å². The highest BCUT2D eigenvalue weighted by Crippen LogP contribution is 2.27. The van der Waals surface area contributed by atoms with E-state index in [9.17, 15) is 18.8 Å². The van der Waals surface area contributed by atoms with Gasteiger partial charge in [0, 0.05) is 5.69 Å². The first-order valence-corrected chi connectivity index (χ1v) is 8.42. The van der Waals surface area contributed by atoms with Crippen LogP contribution in [0.2, 0.25) is 0 Å². The number of fused-ring (bicyclic) bond motifs is 1. The molecule has 1 aliphatic heterocycles. The van der Waals surface area contributed by atoms with Crippen LogP contribution in [0.1, 0.15) is 41.0 Å². The summed E-state index contributed by atoms with van der Waals surface area (Å²) in [5, 5.41) is 2.67. The minimum Gasteiger partial charge on any atom is -0.324 e. The molecule has 3 amide bonds. The topological polar surface area (TPSA) is 66.5 Å². The number of hydrogen-bond donors (Lipinski definition) is 1. The molecule has 0 radical (unpaired) electrons. The molecule has 0 spiro atoms. The molecule has 134 valence electrons. The Bertz CT molecular complexity index is 827. The average Bonchev–Trinajstić information content (AvgIpc) is 2.86. The van der Waals surface area contributed by atoms with E-state index in [0.29, 0.717) is 23.2 Å². The van der Waals surface area contributed by atoms with E-state index in [0.717, 1.165) is 4.90 Å². The molecule has 2 aromatic rings. The maximum atomic E-state index is 13.0. The molecule has 2 aromatic carbocycles. The van der Waals surface area contributed by atoms with Gasteiger partial charge in [-0.05, 0) is 48.7 Å². The Balaban J connectivity index is 1.89. The van der Waals surface area contributed by atoms with E-state index in [1.54, 1.807) is 24.3 Å². The predicted molar refractivity (Wildman–Crippen MR) is 95.2 cm³/mol. The minimum atomic E-state index is -0.938. The van der Waals surface area contributed by atoms with Crippen LogP contribution in [0.25, 0.3) is 0 Å². The van der Waals surface area contributed by atoms with Crippen molar-refractivity contribution >= 4 is 23.4 Å². The molecule has 0 saturated heterocycles. The lowest BCUT2D eigenvalue weighted by molar-refractivity contribution is -0.120. The molecular formula is C20H19FN2O3. The molecule has 1 N–H and O–H groups in total. The first-order valence-electron chi connectivity index (χ1n) is 8.42. The van der Waals surface area contributed by atoms with Gasteiger partial charge in [0.2, 0.25) is 5.91 Å². The second-order valence-corrected chi connectivity index (χ2v) is 6.67. The Labute approximate surface area is 150 Å². The number of anilines is 1. The zero-order valence-electron chi connectivity index (χ0n) is 14.5. The summed E-state index contributed by atoms with van der Waals surface area (Å²) in [4.78, 5) is 39.3. The van der Waals surface area contributed by atoms with Gasteiger partial charge in [0.1, 0.15) is 11.9 Å². The average molecular weight is 354 g/mol. The second-order valence-electron chi connectivity index (χ2n) is 6.67. The van der Waals surface area contributed by atoms with Crippen molar-refractivity contribution in [3.63, 3.8) is 0 Å². The predicted octanol–water partition coefficient (Wildman–Crippen LogP) is 3.48. The Morgan fingerprint density at radius 3 is 2.04 bits per heavy atom. The molecule has 1 atom stereocenters. The third kappa shape index (κ3) is 3.35. The second kappa shape index (κ2) is 7.07. The van der Waals surface area contributed by atoms with E-state index in [-0.39, 0.29) is 5.92 Å². The van der Waals surface area contributed by atoms with Crippen molar-refractivity contribution < 1.29 is 18.8 Å². The van der Waals surface area contributed by atoms with E-state index in [4.69, 9.17) is 0 Å². The van der Waals surface area contributed by atoms with Crippen molar-refractivity contribution in [2.24, 2.45) is 5.92 Å². The van der Waals surface area contributed by atoms with Crippen LogP contribution < -0.4 is 5.32 Å². The van der Waals surface area contributed by atoms with Crippen molar-refractivity contribution in [1.29, 1.82) is 0 Å². The lowest BCUT2D eigenvalue weighted by Gasteiger charge is -2.26. The number of nitrogens with zero attached hydrogens (tertiary/aromatic N) is 1. The number of halogens is 1. The van der Waals surface area contributed by atoms with Crippen LogP contribution in [0.15, 0.2) is 48.5 Å². The van der Waals surface area contributed by atoms with E-state index in [1.165, 1.54) is 24.3 Å². The summed E-state index contributed by atoms with van der Waals surface area (Å²) in [6.45, 7) is 3.83. The summed E-state index contributed by atoms with van der Waals surface area (Å²) < 4.78 is 13.0. The zero-order chi connectivity index (χ0) is 18.8. The number of carbonyl (C=O) groups is 3. The molecule has 6 heteroatoms. The quantitative estimate of drug-likeness (QED) is 0.836. The maximum absolute atomic E-state index is 13.0. The van der Waals surface area contributed by atoms with Crippen molar-refractivity contribution in [3.8, 4) is 0 Å². The van der Waals surface area contributed by atoms with Gasteiger partial charge in [0.15, 0.2) is 0 Å². The van der Waals surface area contributed by atoms with E-state index in [1.807, 2.05) is 13.8 Å². The lowest BCUT2D eigenvalue weighted by atomic mass is 10.0. The normalized spacial score (nSPS) is 14.5. The van der Waals surface area contributed by atoms with Crippen molar-refractivity contribution in [2.45, 2.75) is 26.3 Å². The molecule has 1 heterocycles. The standard InChI is InChI=1S/C20H19FN2O3/c1-12(2)11-17(18(24)22-14-9-7-13(21)8-10-14)23-19(25)15-5-3-4-6-16(15)20(23)26/h3-10,12,17H,11H2,1-2H3,(H,22,24)/t17-/m1/s1. The van der Waals surface area contributed by atoms with E-state index in [2.05, 4.69) is 5.32 Å². The largest absolute Gasteiger partial charge is 0.324 e. The first kappa shape index (κ1) is 17.8. The van der Waals surface area contributed by atoms with Crippen LogP contribution in [-0.2, 0) is 4.79 Å². The monoisotopic (exact) mass is 354 g/mol. The molecule has 0 aliphatic carbocycles. The fraction of sp³-hybridized carbons (Fsp3) is 0.250. The summed E-state index contributed by atoms with van der Waals surface area (Å²) in [5.41, 5.74) is 1.02. The van der Waals surface area contributed by atoms with Gasteiger partial charge in [-0.3, -0.25) is 19.3 Å². The summed E-state index contributed by atoms with van der Waals surface area (Å²) in [7, 11) is 0. The van der Waals surface area contributed by atoms with Crippen molar-refractivity contribution in [1.82, 2.24) is 4.90 Å². The fourth-order valence-corrected chi connectivity index (χ4v) is 3.03.